The van der Waals surface area contributed by atoms with Crippen LogP contribution in [0.4, 0.5) is 0 Å². The molecule has 0 radical (unpaired) electrons. The lowest BCUT2D eigenvalue weighted by atomic mass is 10.1. The third-order valence-corrected chi connectivity index (χ3v) is 4.01. The van der Waals surface area contributed by atoms with Gasteiger partial charge in [0.25, 0.3) is 0 Å². The summed E-state index contributed by atoms with van der Waals surface area (Å²) in [7, 11) is 0. The Hall–Kier alpha value is -1.54. The fraction of sp³-hybridized carbons (Fsp3) is 0.235. The highest BCUT2D eigenvalue weighted by Gasteiger charge is 2.04. The summed E-state index contributed by atoms with van der Waals surface area (Å²) in [5.74, 6) is 0.811. The van der Waals surface area contributed by atoms with Crippen LogP contribution in [-0.4, -0.2) is 11.5 Å². The number of carbonyl (C=O) groups excluding carboxylic acids is 1. The number of benzene rings is 2. The molecule has 0 unspecified atom stereocenters. The highest BCUT2D eigenvalue weighted by atomic mass is 32.2. The maximum absolute atomic E-state index is 11.9. The zero-order chi connectivity index (χ0) is 13.7. The normalized spacial score (nSPS) is 10.4. The lowest BCUT2D eigenvalue weighted by molar-refractivity contribution is -0.116. The zero-order valence-electron chi connectivity index (χ0n) is 11.3. The quantitative estimate of drug-likeness (QED) is 0.757. The van der Waals surface area contributed by atoms with Crippen LogP contribution in [0, 0.1) is 13.8 Å². The molecule has 0 amide bonds. The Morgan fingerprint density at radius 1 is 0.895 bits per heavy atom. The van der Waals surface area contributed by atoms with Crippen LogP contribution in [0.15, 0.2) is 53.4 Å². The molecule has 2 aromatic carbocycles. The Kier molecular flexibility index (Phi) is 4.80. The van der Waals surface area contributed by atoms with Crippen molar-refractivity contribution in [3.8, 4) is 0 Å². The van der Waals surface area contributed by atoms with Crippen LogP contribution in [0.25, 0.3) is 0 Å². The number of hydrogen-bond acceptors (Lipinski definition) is 2. The molecule has 0 saturated carbocycles. The van der Waals surface area contributed by atoms with Gasteiger partial charge in [-0.05, 0) is 31.5 Å². The summed E-state index contributed by atoms with van der Waals surface area (Å²) in [6.45, 7) is 4.12. The number of carbonyl (C=O) groups is 1. The van der Waals surface area contributed by atoms with Crippen molar-refractivity contribution in [3.63, 3.8) is 0 Å². The number of aryl methyl sites for hydroxylation is 2. The second-order valence-electron chi connectivity index (χ2n) is 4.80. The minimum atomic E-state index is 0.273. The molecule has 0 spiro atoms. The van der Waals surface area contributed by atoms with Gasteiger partial charge in [0.05, 0.1) is 5.75 Å². The van der Waals surface area contributed by atoms with Crippen molar-refractivity contribution in [2.24, 2.45) is 0 Å². The minimum absolute atomic E-state index is 0.273. The first-order valence-corrected chi connectivity index (χ1v) is 7.39. The van der Waals surface area contributed by atoms with Gasteiger partial charge < -0.3 is 0 Å². The van der Waals surface area contributed by atoms with Crippen molar-refractivity contribution in [1.82, 2.24) is 0 Å². The van der Waals surface area contributed by atoms with E-state index in [9.17, 15) is 4.79 Å². The predicted molar refractivity (Wildman–Crippen MR) is 81.8 cm³/mol. The van der Waals surface area contributed by atoms with Crippen molar-refractivity contribution in [2.45, 2.75) is 25.2 Å². The van der Waals surface area contributed by atoms with Gasteiger partial charge in [-0.2, -0.15) is 0 Å². The van der Waals surface area contributed by atoms with E-state index in [-0.39, 0.29) is 5.78 Å². The zero-order valence-corrected chi connectivity index (χ0v) is 12.2. The minimum Gasteiger partial charge on any atom is -0.298 e. The van der Waals surface area contributed by atoms with Crippen LogP contribution in [0.2, 0.25) is 0 Å². The fourth-order valence-corrected chi connectivity index (χ4v) is 2.54. The Labute approximate surface area is 119 Å². The summed E-state index contributed by atoms with van der Waals surface area (Å²) in [6.07, 6.45) is 0.527. The van der Waals surface area contributed by atoms with Gasteiger partial charge in [-0.3, -0.25) is 4.79 Å². The molecule has 0 bridgehead atoms. The van der Waals surface area contributed by atoms with Gasteiger partial charge in [-0.1, -0.05) is 47.5 Å². The Morgan fingerprint density at radius 2 is 1.42 bits per heavy atom. The van der Waals surface area contributed by atoms with Gasteiger partial charge in [-0.15, -0.1) is 11.8 Å². The second kappa shape index (κ2) is 6.58. The molecular weight excluding hydrogens is 252 g/mol. The first kappa shape index (κ1) is 13.9. The third kappa shape index (κ3) is 4.56. The molecule has 19 heavy (non-hydrogen) atoms. The SMILES string of the molecule is Cc1ccc(CC(=O)CSc2ccc(C)cc2)cc1. The maximum Gasteiger partial charge on any atom is 0.147 e. The van der Waals surface area contributed by atoms with Gasteiger partial charge in [0.2, 0.25) is 0 Å². The molecule has 0 aliphatic rings. The van der Waals surface area contributed by atoms with Crippen molar-refractivity contribution >= 4 is 17.5 Å². The van der Waals surface area contributed by atoms with Crippen molar-refractivity contribution in [3.05, 3.63) is 65.2 Å². The highest BCUT2D eigenvalue weighted by Crippen LogP contribution is 2.18. The molecule has 0 N–H and O–H groups in total. The Bertz CT molecular complexity index is 540. The number of hydrogen-bond donors (Lipinski definition) is 0. The standard InChI is InChI=1S/C17H18OS/c1-13-3-7-15(8-4-13)11-16(18)12-19-17-9-5-14(2)6-10-17/h3-10H,11-12H2,1-2H3. The average molecular weight is 270 g/mol. The smallest absolute Gasteiger partial charge is 0.147 e. The van der Waals surface area contributed by atoms with E-state index >= 15 is 0 Å². The summed E-state index contributed by atoms with van der Waals surface area (Å²) >= 11 is 1.61. The summed E-state index contributed by atoms with van der Waals surface area (Å²) < 4.78 is 0. The summed E-state index contributed by atoms with van der Waals surface area (Å²) in [5.41, 5.74) is 3.57. The lowest BCUT2D eigenvalue weighted by Crippen LogP contribution is -2.05. The number of ketones is 1. The van der Waals surface area contributed by atoms with E-state index in [1.165, 1.54) is 11.1 Å². The van der Waals surface area contributed by atoms with Crippen LogP contribution < -0.4 is 0 Å². The van der Waals surface area contributed by atoms with E-state index in [1.807, 2.05) is 12.1 Å². The average Bonchev–Trinajstić information content (AvgIpc) is 2.41. The van der Waals surface area contributed by atoms with Gasteiger partial charge in [0, 0.05) is 11.3 Å². The van der Waals surface area contributed by atoms with Gasteiger partial charge >= 0.3 is 0 Å². The predicted octanol–water partition coefficient (Wildman–Crippen LogP) is 4.21. The number of thioether (sulfide) groups is 1. The van der Waals surface area contributed by atoms with E-state index < -0.39 is 0 Å². The molecule has 2 heteroatoms. The fourth-order valence-electron chi connectivity index (χ4n) is 1.78. The Morgan fingerprint density at radius 3 is 2.00 bits per heavy atom. The first-order chi connectivity index (χ1) is 9.13. The summed E-state index contributed by atoms with van der Waals surface area (Å²) in [4.78, 5) is 13.1. The molecule has 2 rings (SSSR count). The van der Waals surface area contributed by atoms with Crippen LogP contribution in [0.3, 0.4) is 0 Å². The number of Topliss-reactive ketones (excluding diaryl/α,β-unsaturated/α-hetero) is 1. The molecule has 0 heterocycles. The van der Waals surface area contributed by atoms with Crippen LogP contribution in [0.1, 0.15) is 16.7 Å². The molecule has 98 valence electrons. The van der Waals surface area contributed by atoms with Gasteiger partial charge in [-0.25, -0.2) is 0 Å². The lowest BCUT2D eigenvalue weighted by Gasteiger charge is -2.03. The molecule has 0 aliphatic heterocycles. The van der Waals surface area contributed by atoms with Crippen molar-refractivity contribution < 1.29 is 4.79 Å². The van der Waals surface area contributed by atoms with E-state index in [2.05, 4.69) is 50.2 Å². The molecule has 0 fully saturated rings. The van der Waals surface area contributed by atoms with E-state index in [0.29, 0.717) is 12.2 Å². The molecule has 0 aliphatic carbocycles. The van der Waals surface area contributed by atoms with Crippen molar-refractivity contribution in [2.75, 3.05) is 5.75 Å². The molecule has 0 atom stereocenters. The third-order valence-electron chi connectivity index (χ3n) is 2.94. The molecular formula is C17H18OS. The Balaban J connectivity index is 1.84. The monoisotopic (exact) mass is 270 g/mol. The topological polar surface area (TPSA) is 17.1 Å². The van der Waals surface area contributed by atoms with Gasteiger partial charge in [0.1, 0.15) is 5.78 Å². The van der Waals surface area contributed by atoms with Gasteiger partial charge in [0.15, 0.2) is 0 Å². The van der Waals surface area contributed by atoms with Crippen LogP contribution >= 0.6 is 11.8 Å². The van der Waals surface area contributed by atoms with E-state index in [1.54, 1.807) is 11.8 Å². The molecule has 2 aromatic rings. The van der Waals surface area contributed by atoms with Crippen molar-refractivity contribution in [1.29, 1.82) is 0 Å². The molecule has 0 saturated heterocycles. The van der Waals surface area contributed by atoms with Crippen LogP contribution in [0.5, 0.6) is 0 Å². The van der Waals surface area contributed by atoms with E-state index in [4.69, 9.17) is 0 Å². The highest BCUT2D eigenvalue weighted by molar-refractivity contribution is 8.00. The molecule has 1 nitrogen and oxygen atoms in total. The number of rotatable bonds is 5. The van der Waals surface area contributed by atoms with Crippen LogP contribution in [-0.2, 0) is 11.2 Å². The maximum atomic E-state index is 11.9. The molecule has 0 aromatic heterocycles. The first-order valence-electron chi connectivity index (χ1n) is 6.40. The summed E-state index contributed by atoms with van der Waals surface area (Å²) in [6, 6.07) is 16.5. The van der Waals surface area contributed by atoms with E-state index in [0.717, 1.165) is 10.5 Å². The largest absolute Gasteiger partial charge is 0.298 e. The summed E-state index contributed by atoms with van der Waals surface area (Å²) in [5, 5.41) is 0. The second-order valence-corrected chi connectivity index (χ2v) is 5.85.